The molecule has 2 rings (SSSR count). The molecule has 2 heterocycles. The zero-order valence-corrected chi connectivity index (χ0v) is 12.5. The Hall–Kier alpha value is -0.240. The van der Waals surface area contributed by atoms with Crippen LogP contribution in [0.15, 0.2) is 11.2 Å². The van der Waals surface area contributed by atoms with Crippen LogP contribution in [0.1, 0.15) is 18.4 Å². The Morgan fingerprint density at radius 3 is 2.78 bits per heavy atom. The highest BCUT2D eigenvalue weighted by atomic mass is 35.5. The van der Waals surface area contributed by atoms with Crippen molar-refractivity contribution in [1.82, 2.24) is 14.5 Å². The van der Waals surface area contributed by atoms with E-state index in [-0.39, 0.29) is 10.9 Å². The fourth-order valence-electron chi connectivity index (χ4n) is 2.06. The SMILES string of the molecule is CSC1CCN(S(=O)(=O)c2[nH]ncc2CCl)CC1. The van der Waals surface area contributed by atoms with E-state index in [1.54, 1.807) is 11.8 Å². The van der Waals surface area contributed by atoms with E-state index in [1.165, 1.54) is 10.5 Å². The quantitative estimate of drug-likeness (QED) is 0.859. The van der Waals surface area contributed by atoms with Crippen LogP contribution in [-0.4, -0.2) is 47.5 Å². The molecular weight excluding hydrogens is 294 g/mol. The van der Waals surface area contributed by atoms with Gasteiger partial charge >= 0.3 is 0 Å². The summed E-state index contributed by atoms with van der Waals surface area (Å²) in [6, 6.07) is 0. The van der Waals surface area contributed by atoms with Gasteiger partial charge in [0.2, 0.25) is 0 Å². The Labute approximate surface area is 116 Å². The van der Waals surface area contributed by atoms with Crippen LogP contribution in [-0.2, 0) is 15.9 Å². The van der Waals surface area contributed by atoms with Crippen LogP contribution in [0.5, 0.6) is 0 Å². The number of nitrogens with one attached hydrogen (secondary N) is 1. The summed E-state index contributed by atoms with van der Waals surface area (Å²) in [7, 11) is -3.47. The van der Waals surface area contributed by atoms with Gasteiger partial charge in [-0.25, -0.2) is 8.42 Å². The van der Waals surface area contributed by atoms with Crippen molar-refractivity contribution in [1.29, 1.82) is 0 Å². The van der Waals surface area contributed by atoms with Gasteiger partial charge in [-0.05, 0) is 19.1 Å². The summed E-state index contributed by atoms with van der Waals surface area (Å²) in [5.41, 5.74) is 0.531. The van der Waals surface area contributed by atoms with Gasteiger partial charge in [-0.15, -0.1) is 11.6 Å². The Balaban J connectivity index is 2.17. The molecule has 0 amide bonds. The van der Waals surface area contributed by atoms with Gasteiger partial charge in [-0.1, -0.05) is 0 Å². The van der Waals surface area contributed by atoms with Crippen molar-refractivity contribution in [2.45, 2.75) is 29.0 Å². The third kappa shape index (κ3) is 2.68. The first kappa shape index (κ1) is 14.2. The van der Waals surface area contributed by atoms with Crippen LogP contribution in [0.4, 0.5) is 0 Å². The number of aromatic nitrogens is 2. The van der Waals surface area contributed by atoms with Gasteiger partial charge in [-0.2, -0.15) is 21.2 Å². The molecule has 0 aromatic carbocycles. The molecule has 1 N–H and O–H groups in total. The molecule has 0 spiro atoms. The predicted molar refractivity (Wildman–Crippen MR) is 73.4 cm³/mol. The Morgan fingerprint density at radius 1 is 1.56 bits per heavy atom. The topological polar surface area (TPSA) is 66.1 Å². The number of hydrogen-bond donors (Lipinski definition) is 1. The number of rotatable bonds is 4. The van der Waals surface area contributed by atoms with Gasteiger partial charge < -0.3 is 0 Å². The monoisotopic (exact) mass is 309 g/mol. The van der Waals surface area contributed by atoms with E-state index < -0.39 is 10.0 Å². The lowest BCUT2D eigenvalue weighted by atomic mass is 10.2. The summed E-state index contributed by atoms with van der Waals surface area (Å²) in [6.07, 6.45) is 5.32. The number of aromatic amines is 1. The highest BCUT2D eigenvalue weighted by Crippen LogP contribution is 2.26. The van der Waals surface area contributed by atoms with Crippen LogP contribution < -0.4 is 0 Å². The third-order valence-electron chi connectivity index (χ3n) is 3.15. The molecule has 8 heteroatoms. The van der Waals surface area contributed by atoms with Crippen molar-refractivity contribution in [3.8, 4) is 0 Å². The van der Waals surface area contributed by atoms with Crippen molar-refractivity contribution >= 4 is 33.4 Å². The smallest absolute Gasteiger partial charge is 0.260 e. The van der Waals surface area contributed by atoms with Gasteiger partial charge in [0.05, 0.1) is 12.1 Å². The third-order valence-corrected chi connectivity index (χ3v) is 6.49. The minimum atomic E-state index is -3.47. The maximum atomic E-state index is 12.4. The van der Waals surface area contributed by atoms with Crippen molar-refractivity contribution in [2.24, 2.45) is 0 Å². The number of hydrogen-bond acceptors (Lipinski definition) is 4. The van der Waals surface area contributed by atoms with E-state index in [4.69, 9.17) is 11.6 Å². The summed E-state index contributed by atoms with van der Waals surface area (Å²) in [4.78, 5) is 0. The lowest BCUT2D eigenvalue weighted by molar-refractivity contribution is 0.351. The summed E-state index contributed by atoms with van der Waals surface area (Å²) in [6.45, 7) is 1.13. The van der Waals surface area contributed by atoms with Crippen LogP contribution >= 0.6 is 23.4 Å². The molecule has 0 atom stereocenters. The van der Waals surface area contributed by atoms with E-state index in [0.717, 1.165) is 12.8 Å². The summed E-state index contributed by atoms with van der Waals surface area (Å²) < 4.78 is 26.3. The number of H-pyrrole nitrogens is 1. The second-order valence-corrected chi connectivity index (χ2v) is 7.48. The van der Waals surface area contributed by atoms with Crippen LogP contribution in [0.3, 0.4) is 0 Å². The summed E-state index contributed by atoms with van der Waals surface area (Å²) >= 11 is 7.52. The first-order valence-electron chi connectivity index (χ1n) is 5.70. The molecule has 0 bridgehead atoms. The molecule has 1 aliphatic heterocycles. The second kappa shape index (κ2) is 5.81. The highest BCUT2D eigenvalue weighted by molar-refractivity contribution is 7.99. The largest absolute Gasteiger partial charge is 0.266 e. The van der Waals surface area contributed by atoms with Crippen molar-refractivity contribution < 1.29 is 8.42 Å². The molecule has 1 aromatic rings. The molecule has 1 aromatic heterocycles. The first-order valence-corrected chi connectivity index (χ1v) is 8.97. The van der Waals surface area contributed by atoms with Crippen molar-refractivity contribution in [3.63, 3.8) is 0 Å². The van der Waals surface area contributed by atoms with Gasteiger partial charge in [0.15, 0.2) is 5.03 Å². The molecule has 1 fully saturated rings. The average molecular weight is 310 g/mol. The standard InChI is InChI=1S/C10H16ClN3O2S2/c1-17-9-2-4-14(5-3-9)18(15,16)10-8(6-11)7-12-13-10/h7,9H,2-6H2,1H3,(H,12,13). The molecule has 0 radical (unpaired) electrons. The molecule has 18 heavy (non-hydrogen) atoms. The number of piperidine rings is 1. The highest BCUT2D eigenvalue weighted by Gasteiger charge is 2.31. The van der Waals surface area contributed by atoms with E-state index in [9.17, 15) is 8.42 Å². The molecule has 5 nitrogen and oxygen atoms in total. The van der Waals surface area contributed by atoms with Crippen molar-refractivity contribution in [3.05, 3.63) is 11.8 Å². The molecule has 1 saturated heterocycles. The lowest BCUT2D eigenvalue weighted by Gasteiger charge is -2.30. The Morgan fingerprint density at radius 2 is 2.22 bits per heavy atom. The maximum absolute atomic E-state index is 12.4. The lowest BCUT2D eigenvalue weighted by Crippen LogP contribution is -2.39. The number of alkyl halides is 1. The maximum Gasteiger partial charge on any atom is 0.260 e. The zero-order chi connectivity index (χ0) is 13.2. The summed E-state index contributed by atoms with van der Waals surface area (Å²) in [5.74, 6) is 0.145. The van der Waals surface area contributed by atoms with E-state index in [0.29, 0.717) is 23.9 Å². The number of sulfonamides is 1. The Kier molecular flexibility index (Phi) is 4.58. The fourth-order valence-corrected chi connectivity index (χ4v) is 4.59. The normalized spacial score (nSPS) is 19.2. The first-order chi connectivity index (χ1) is 8.59. The Bertz CT molecular complexity index is 495. The van der Waals surface area contributed by atoms with Gasteiger partial charge in [0.1, 0.15) is 0 Å². The van der Waals surface area contributed by atoms with Gasteiger partial charge in [-0.3, -0.25) is 5.10 Å². The van der Waals surface area contributed by atoms with Crippen LogP contribution in [0.2, 0.25) is 0 Å². The van der Waals surface area contributed by atoms with Crippen molar-refractivity contribution in [2.75, 3.05) is 19.3 Å². The molecule has 0 aliphatic carbocycles. The zero-order valence-electron chi connectivity index (χ0n) is 10.1. The number of thioether (sulfide) groups is 1. The predicted octanol–water partition coefficient (Wildman–Crippen LogP) is 1.66. The number of nitrogens with zero attached hydrogens (tertiary/aromatic N) is 2. The van der Waals surface area contributed by atoms with Gasteiger partial charge in [0, 0.05) is 23.9 Å². The minimum Gasteiger partial charge on any atom is -0.266 e. The van der Waals surface area contributed by atoms with E-state index >= 15 is 0 Å². The minimum absolute atomic E-state index is 0.139. The van der Waals surface area contributed by atoms with Gasteiger partial charge in [0.25, 0.3) is 10.0 Å². The van der Waals surface area contributed by atoms with Crippen LogP contribution in [0, 0.1) is 0 Å². The second-order valence-electron chi connectivity index (χ2n) is 4.20. The van der Waals surface area contributed by atoms with E-state index in [2.05, 4.69) is 16.5 Å². The molecule has 0 saturated carbocycles. The fraction of sp³-hybridized carbons (Fsp3) is 0.700. The van der Waals surface area contributed by atoms with E-state index in [1.807, 2.05) is 0 Å². The average Bonchev–Trinajstić information content (AvgIpc) is 2.88. The molecule has 102 valence electrons. The molecule has 0 unspecified atom stereocenters. The summed E-state index contributed by atoms with van der Waals surface area (Å²) in [5, 5.41) is 7.02. The molecular formula is C10H16ClN3O2S2. The van der Waals surface area contributed by atoms with Crippen LogP contribution in [0.25, 0.3) is 0 Å². The molecule has 1 aliphatic rings. The number of halogens is 1.